The molecule has 1 heterocycles. The van der Waals surface area contributed by atoms with Gasteiger partial charge in [0.25, 0.3) is 5.78 Å². The molecule has 2 rings (SSSR count). The zero-order valence-electron chi connectivity index (χ0n) is 10.1. The van der Waals surface area contributed by atoms with Crippen LogP contribution >= 0.6 is 0 Å². The Morgan fingerprint density at radius 3 is 2.12 bits per heavy atom. The van der Waals surface area contributed by atoms with E-state index in [0.717, 1.165) is 0 Å². The van der Waals surface area contributed by atoms with Crippen molar-refractivity contribution in [2.24, 2.45) is 10.5 Å². The molecule has 0 N–H and O–H groups in total. The zero-order chi connectivity index (χ0) is 12.6. The van der Waals surface area contributed by atoms with Gasteiger partial charge in [-0.15, -0.1) is 0 Å². The normalized spacial score (nSPS) is 16.4. The molecule has 0 saturated heterocycles. The number of amides is 1. The van der Waals surface area contributed by atoms with Crippen LogP contribution in [0.4, 0.5) is 5.69 Å². The molecule has 0 atom stereocenters. The predicted octanol–water partition coefficient (Wildman–Crippen LogP) is 2.00. The van der Waals surface area contributed by atoms with Gasteiger partial charge in [-0.2, -0.15) is 10.1 Å². The highest BCUT2D eigenvalue weighted by Gasteiger charge is 2.40. The van der Waals surface area contributed by atoms with E-state index in [4.69, 9.17) is 0 Å². The molecule has 0 fully saturated rings. The van der Waals surface area contributed by atoms with Crippen LogP contribution in [0, 0.1) is 5.41 Å². The third-order valence-electron chi connectivity index (χ3n) is 2.51. The van der Waals surface area contributed by atoms with E-state index in [1.54, 1.807) is 24.3 Å². The Labute approximate surface area is 99.9 Å². The fourth-order valence-corrected chi connectivity index (χ4v) is 1.62. The van der Waals surface area contributed by atoms with Crippen LogP contribution in [0.15, 0.2) is 35.4 Å². The fraction of sp³-hybridized carbons (Fsp3) is 0.308. The van der Waals surface area contributed by atoms with E-state index in [1.165, 1.54) is 5.01 Å². The summed E-state index contributed by atoms with van der Waals surface area (Å²) in [5.41, 5.74) is 0.507. The van der Waals surface area contributed by atoms with Crippen LogP contribution in [-0.4, -0.2) is 17.4 Å². The summed E-state index contributed by atoms with van der Waals surface area (Å²) >= 11 is 0. The lowest BCUT2D eigenvalue weighted by Crippen LogP contribution is -2.31. The quantitative estimate of drug-likeness (QED) is 0.693. The van der Waals surface area contributed by atoms with Crippen molar-refractivity contribution in [1.82, 2.24) is 0 Å². The SMILES string of the molecule is CC(C)(C)C1=NN(c2ccccc2)C(=O)C1=O. The van der Waals surface area contributed by atoms with Crippen LogP contribution in [0.1, 0.15) is 20.8 Å². The van der Waals surface area contributed by atoms with E-state index >= 15 is 0 Å². The smallest absolute Gasteiger partial charge is 0.282 e. The molecule has 0 aromatic heterocycles. The first-order valence-electron chi connectivity index (χ1n) is 5.44. The zero-order valence-corrected chi connectivity index (χ0v) is 10.1. The molecule has 0 unspecified atom stereocenters. The van der Waals surface area contributed by atoms with Gasteiger partial charge in [0.1, 0.15) is 5.71 Å². The van der Waals surface area contributed by atoms with Gasteiger partial charge in [0.15, 0.2) is 0 Å². The van der Waals surface area contributed by atoms with Crippen LogP contribution in [0.25, 0.3) is 0 Å². The summed E-state index contributed by atoms with van der Waals surface area (Å²) in [5, 5.41) is 5.31. The number of carbonyl (C=O) groups excluding carboxylic acids is 2. The largest absolute Gasteiger partial charge is 0.321 e. The minimum absolute atomic E-state index is 0.311. The average Bonchev–Trinajstić information content (AvgIpc) is 2.57. The molecule has 0 spiro atoms. The average molecular weight is 230 g/mol. The summed E-state index contributed by atoms with van der Waals surface area (Å²) < 4.78 is 0. The molecule has 4 nitrogen and oxygen atoms in total. The minimum Gasteiger partial charge on any atom is -0.282 e. The van der Waals surface area contributed by atoms with E-state index in [1.807, 2.05) is 26.8 Å². The Bertz CT molecular complexity index is 498. The molecule has 0 saturated carbocycles. The molecular formula is C13H14N2O2. The van der Waals surface area contributed by atoms with Crippen molar-refractivity contribution >= 4 is 23.1 Å². The summed E-state index contributed by atoms with van der Waals surface area (Å²) in [7, 11) is 0. The minimum atomic E-state index is -0.582. The van der Waals surface area contributed by atoms with E-state index in [-0.39, 0.29) is 0 Å². The molecule has 4 heteroatoms. The summed E-state index contributed by atoms with van der Waals surface area (Å²) in [6.45, 7) is 5.60. The van der Waals surface area contributed by atoms with Gasteiger partial charge in [0.2, 0.25) is 0 Å². The summed E-state index contributed by atoms with van der Waals surface area (Å²) in [5.74, 6) is -1.09. The Morgan fingerprint density at radius 2 is 1.65 bits per heavy atom. The molecule has 1 aliphatic rings. The molecule has 1 aromatic carbocycles. The molecule has 1 aromatic rings. The van der Waals surface area contributed by atoms with Gasteiger partial charge in [-0.3, -0.25) is 9.59 Å². The van der Waals surface area contributed by atoms with Crippen molar-refractivity contribution in [2.75, 3.05) is 5.01 Å². The third kappa shape index (κ3) is 1.98. The number of ketones is 1. The van der Waals surface area contributed by atoms with E-state index in [2.05, 4.69) is 5.10 Å². The number of rotatable bonds is 1. The van der Waals surface area contributed by atoms with Crippen LogP contribution in [0.5, 0.6) is 0 Å². The Balaban J connectivity index is 2.42. The lowest BCUT2D eigenvalue weighted by Gasteiger charge is -2.15. The van der Waals surface area contributed by atoms with Crippen molar-refractivity contribution in [3.63, 3.8) is 0 Å². The predicted molar refractivity (Wildman–Crippen MR) is 65.8 cm³/mol. The van der Waals surface area contributed by atoms with Crippen LogP contribution < -0.4 is 5.01 Å². The van der Waals surface area contributed by atoms with E-state index in [9.17, 15) is 9.59 Å². The maximum Gasteiger partial charge on any atom is 0.321 e. The number of benzene rings is 1. The number of para-hydroxylation sites is 1. The summed E-state index contributed by atoms with van der Waals surface area (Å²) in [6, 6.07) is 8.95. The number of nitrogens with zero attached hydrogens (tertiary/aromatic N) is 2. The Hall–Kier alpha value is -1.97. The van der Waals surface area contributed by atoms with Gasteiger partial charge in [-0.05, 0) is 12.1 Å². The topological polar surface area (TPSA) is 49.7 Å². The van der Waals surface area contributed by atoms with Gasteiger partial charge in [-0.1, -0.05) is 39.0 Å². The lowest BCUT2D eigenvalue weighted by molar-refractivity contribution is -0.131. The van der Waals surface area contributed by atoms with Crippen LogP contribution in [-0.2, 0) is 9.59 Å². The number of anilines is 1. The molecule has 0 bridgehead atoms. The Morgan fingerprint density at radius 1 is 1.06 bits per heavy atom. The van der Waals surface area contributed by atoms with Crippen molar-refractivity contribution in [3.8, 4) is 0 Å². The Kier molecular flexibility index (Phi) is 2.58. The molecule has 1 aliphatic heterocycles. The number of hydrogen-bond donors (Lipinski definition) is 0. The van der Waals surface area contributed by atoms with Gasteiger partial charge in [0, 0.05) is 5.41 Å². The van der Waals surface area contributed by atoms with Crippen molar-refractivity contribution < 1.29 is 9.59 Å². The van der Waals surface area contributed by atoms with E-state index in [0.29, 0.717) is 11.4 Å². The standard InChI is InChI=1S/C13H14N2O2/c1-13(2,3)11-10(16)12(17)15(14-11)9-7-5-4-6-8-9/h4-8H,1-3H3. The van der Waals surface area contributed by atoms with Gasteiger partial charge in [-0.25, -0.2) is 0 Å². The number of carbonyl (C=O) groups is 2. The lowest BCUT2D eigenvalue weighted by atomic mass is 9.88. The summed E-state index contributed by atoms with van der Waals surface area (Å²) in [6.07, 6.45) is 0. The highest BCUT2D eigenvalue weighted by atomic mass is 16.2. The molecule has 88 valence electrons. The highest BCUT2D eigenvalue weighted by molar-refractivity contribution is 6.70. The molecule has 1 amide bonds. The molecule has 0 radical (unpaired) electrons. The maximum atomic E-state index is 11.8. The van der Waals surface area contributed by atoms with Gasteiger partial charge in [0.05, 0.1) is 5.69 Å². The highest BCUT2D eigenvalue weighted by Crippen LogP contribution is 2.25. The number of Topliss-reactive ketones (excluding diaryl/α,β-unsaturated/α-hetero) is 1. The second kappa shape index (κ2) is 3.80. The first-order valence-corrected chi connectivity index (χ1v) is 5.44. The molecular weight excluding hydrogens is 216 g/mol. The second-order valence-electron chi connectivity index (χ2n) is 4.98. The third-order valence-corrected chi connectivity index (χ3v) is 2.51. The monoisotopic (exact) mass is 230 g/mol. The molecule has 17 heavy (non-hydrogen) atoms. The van der Waals surface area contributed by atoms with Gasteiger partial charge < -0.3 is 0 Å². The van der Waals surface area contributed by atoms with E-state index < -0.39 is 17.1 Å². The summed E-state index contributed by atoms with van der Waals surface area (Å²) in [4.78, 5) is 23.6. The number of hydrogen-bond acceptors (Lipinski definition) is 3. The maximum absolute atomic E-state index is 11.8. The number of hydrazone groups is 1. The molecule has 0 aliphatic carbocycles. The van der Waals surface area contributed by atoms with Crippen molar-refractivity contribution in [3.05, 3.63) is 30.3 Å². The first-order chi connectivity index (χ1) is 7.91. The second-order valence-corrected chi connectivity index (χ2v) is 4.98. The van der Waals surface area contributed by atoms with Crippen LogP contribution in [0.2, 0.25) is 0 Å². The fourth-order valence-electron chi connectivity index (χ4n) is 1.62. The van der Waals surface area contributed by atoms with Crippen molar-refractivity contribution in [1.29, 1.82) is 0 Å². The van der Waals surface area contributed by atoms with Crippen molar-refractivity contribution in [2.45, 2.75) is 20.8 Å². The van der Waals surface area contributed by atoms with Crippen LogP contribution in [0.3, 0.4) is 0 Å². The van der Waals surface area contributed by atoms with Gasteiger partial charge >= 0.3 is 5.91 Å². The first kappa shape index (κ1) is 11.5.